The Morgan fingerprint density at radius 1 is 1.07 bits per heavy atom. The molecule has 1 aliphatic heterocycles. The minimum atomic E-state index is -3.49. The van der Waals surface area contributed by atoms with Crippen molar-refractivity contribution in [1.29, 1.82) is 0 Å². The molecule has 0 bridgehead atoms. The maximum Gasteiger partial charge on any atom is 0.338 e. The number of aromatic amines is 1. The Morgan fingerprint density at radius 3 is 2.48 bits per heavy atom. The predicted octanol–water partition coefficient (Wildman–Crippen LogP) is 2.70. The lowest BCUT2D eigenvalue weighted by atomic mass is 10.2. The van der Waals surface area contributed by atoms with Crippen LogP contribution in [0.2, 0.25) is 0 Å². The molecular formula is C19H19N3O4S. The zero-order chi connectivity index (χ0) is 18.9. The van der Waals surface area contributed by atoms with Gasteiger partial charge in [-0.05, 0) is 49.2 Å². The molecule has 1 saturated heterocycles. The molecular weight excluding hydrogens is 366 g/mol. The number of nitrogens with one attached hydrogen (secondary N) is 1. The van der Waals surface area contributed by atoms with Crippen molar-refractivity contribution in [3.63, 3.8) is 0 Å². The van der Waals surface area contributed by atoms with Crippen LogP contribution in [0.3, 0.4) is 0 Å². The highest BCUT2D eigenvalue weighted by Gasteiger charge is 2.27. The zero-order valence-electron chi connectivity index (χ0n) is 14.6. The summed E-state index contributed by atoms with van der Waals surface area (Å²) in [6, 6.07) is 13.4. The van der Waals surface area contributed by atoms with Gasteiger partial charge >= 0.3 is 5.97 Å². The van der Waals surface area contributed by atoms with Gasteiger partial charge in [-0.15, -0.1) is 0 Å². The highest BCUT2D eigenvalue weighted by Crippen LogP contribution is 2.21. The Bertz CT molecular complexity index is 1030. The molecule has 2 heterocycles. The average Bonchev–Trinajstić information content (AvgIpc) is 3.36. The number of hydrogen-bond acceptors (Lipinski definition) is 5. The van der Waals surface area contributed by atoms with Crippen LogP contribution in [0.1, 0.15) is 29.0 Å². The quantitative estimate of drug-likeness (QED) is 0.682. The van der Waals surface area contributed by atoms with E-state index in [4.69, 9.17) is 4.74 Å². The summed E-state index contributed by atoms with van der Waals surface area (Å²) in [5.41, 5.74) is 1.98. The lowest BCUT2D eigenvalue weighted by Crippen LogP contribution is -2.27. The number of fused-ring (bicyclic) bond motifs is 1. The smallest absolute Gasteiger partial charge is 0.338 e. The molecule has 2 aromatic carbocycles. The van der Waals surface area contributed by atoms with Gasteiger partial charge in [0.15, 0.2) is 0 Å². The number of carbonyl (C=O) groups excluding carboxylic acids is 1. The fourth-order valence-electron chi connectivity index (χ4n) is 3.13. The summed E-state index contributed by atoms with van der Waals surface area (Å²) < 4.78 is 31.8. The highest BCUT2D eigenvalue weighted by atomic mass is 32.2. The third-order valence-electron chi connectivity index (χ3n) is 4.57. The van der Waals surface area contributed by atoms with Crippen LogP contribution < -0.4 is 0 Å². The van der Waals surface area contributed by atoms with E-state index in [2.05, 4.69) is 9.97 Å². The first-order valence-corrected chi connectivity index (χ1v) is 10.2. The Labute approximate surface area is 157 Å². The second-order valence-electron chi connectivity index (χ2n) is 6.41. The van der Waals surface area contributed by atoms with E-state index in [-0.39, 0.29) is 11.5 Å². The number of nitrogens with zero attached hydrogens (tertiary/aromatic N) is 2. The van der Waals surface area contributed by atoms with Gasteiger partial charge in [-0.1, -0.05) is 12.1 Å². The molecule has 0 unspecified atom stereocenters. The lowest BCUT2D eigenvalue weighted by molar-refractivity contribution is 0.0463. The number of H-pyrrole nitrogens is 1. The molecule has 1 aliphatic rings. The molecule has 27 heavy (non-hydrogen) atoms. The Morgan fingerprint density at radius 2 is 1.78 bits per heavy atom. The summed E-state index contributed by atoms with van der Waals surface area (Å²) in [5.74, 6) is 0.0263. The summed E-state index contributed by atoms with van der Waals surface area (Å²) in [5, 5.41) is 0. The van der Waals surface area contributed by atoms with Gasteiger partial charge in [0.25, 0.3) is 0 Å². The zero-order valence-corrected chi connectivity index (χ0v) is 15.4. The second kappa shape index (κ2) is 7.13. The average molecular weight is 385 g/mol. The van der Waals surface area contributed by atoms with Crippen molar-refractivity contribution in [2.75, 3.05) is 13.1 Å². The monoisotopic (exact) mass is 385 g/mol. The van der Waals surface area contributed by atoms with Crippen LogP contribution in [-0.4, -0.2) is 41.7 Å². The van der Waals surface area contributed by atoms with Crippen LogP contribution in [0.5, 0.6) is 0 Å². The van der Waals surface area contributed by atoms with Gasteiger partial charge in [-0.2, -0.15) is 4.31 Å². The topological polar surface area (TPSA) is 92.4 Å². The number of rotatable bonds is 5. The van der Waals surface area contributed by atoms with Crippen molar-refractivity contribution in [3.8, 4) is 0 Å². The third-order valence-corrected chi connectivity index (χ3v) is 6.48. The standard InChI is InChI=1S/C19H19N3O4S/c23-19(26-13-18-20-16-5-1-2-6-17(16)21-18)14-7-9-15(10-8-14)27(24,25)22-11-3-4-12-22/h1-2,5-10H,3-4,11-13H2,(H,20,21). The van der Waals surface area contributed by atoms with E-state index in [1.165, 1.54) is 28.6 Å². The molecule has 0 spiro atoms. The van der Waals surface area contributed by atoms with Crippen LogP contribution in [-0.2, 0) is 21.4 Å². The molecule has 3 aromatic rings. The number of hydrogen-bond donors (Lipinski definition) is 1. The first kappa shape index (κ1) is 17.7. The number of para-hydroxylation sites is 2. The highest BCUT2D eigenvalue weighted by molar-refractivity contribution is 7.89. The van der Waals surface area contributed by atoms with Crippen LogP contribution in [0, 0.1) is 0 Å². The first-order valence-electron chi connectivity index (χ1n) is 8.75. The largest absolute Gasteiger partial charge is 0.454 e. The van der Waals surface area contributed by atoms with Crippen molar-refractivity contribution < 1.29 is 17.9 Å². The molecule has 0 aliphatic carbocycles. The molecule has 0 amide bonds. The van der Waals surface area contributed by atoms with Crippen LogP contribution in [0.25, 0.3) is 11.0 Å². The van der Waals surface area contributed by atoms with Crippen molar-refractivity contribution in [2.24, 2.45) is 0 Å². The fraction of sp³-hybridized carbons (Fsp3) is 0.263. The van der Waals surface area contributed by atoms with Crippen molar-refractivity contribution in [1.82, 2.24) is 14.3 Å². The molecule has 1 fully saturated rings. The molecule has 0 saturated carbocycles. The van der Waals surface area contributed by atoms with Crippen molar-refractivity contribution in [2.45, 2.75) is 24.3 Å². The normalized spacial score (nSPS) is 15.3. The molecule has 7 nitrogen and oxygen atoms in total. The number of aromatic nitrogens is 2. The van der Waals surface area contributed by atoms with Gasteiger partial charge < -0.3 is 9.72 Å². The number of sulfonamides is 1. The van der Waals surface area contributed by atoms with Crippen molar-refractivity contribution >= 4 is 27.0 Å². The van der Waals surface area contributed by atoms with Gasteiger partial charge in [-0.3, -0.25) is 0 Å². The Kier molecular flexibility index (Phi) is 4.67. The molecule has 0 atom stereocenters. The van der Waals surface area contributed by atoms with Gasteiger partial charge in [0, 0.05) is 13.1 Å². The van der Waals surface area contributed by atoms with E-state index in [9.17, 15) is 13.2 Å². The summed E-state index contributed by atoms with van der Waals surface area (Å²) >= 11 is 0. The molecule has 1 aromatic heterocycles. The van der Waals surface area contributed by atoms with E-state index in [1.54, 1.807) is 0 Å². The second-order valence-corrected chi connectivity index (χ2v) is 8.35. The van der Waals surface area contributed by atoms with Crippen LogP contribution >= 0.6 is 0 Å². The van der Waals surface area contributed by atoms with E-state index < -0.39 is 16.0 Å². The molecule has 4 rings (SSSR count). The summed E-state index contributed by atoms with van der Waals surface area (Å²) in [6.45, 7) is 1.11. The van der Waals surface area contributed by atoms with E-state index >= 15 is 0 Å². The summed E-state index contributed by atoms with van der Waals surface area (Å²) in [4.78, 5) is 19.9. The van der Waals surface area contributed by atoms with Gasteiger partial charge in [0.05, 0.1) is 21.5 Å². The van der Waals surface area contributed by atoms with Crippen molar-refractivity contribution in [3.05, 3.63) is 59.9 Å². The number of ether oxygens (including phenoxy) is 1. The molecule has 140 valence electrons. The maximum absolute atomic E-state index is 12.5. The minimum absolute atomic E-state index is 0.0152. The SMILES string of the molecule is O=C(OCc1nc2ccccc2[nH]1)c1ccc(S(=O)(=O)N2CCCC2)cc1. The Balaban J connectivity index is 1.43. The van der Waals surface area contributed by atoms with E-state index in [0.717, 1.165) is 23.9 Å². The van der Waals surface area contributed by atoms with Crippen LogP contribution in [0.4, 0.5) is 0 Å². The third kappa shape index (κ3) is 3.58. The first-order chi connectivity index (χ1) is 13.0. The number of esters is 1. The number of benzene rings is 2. The molecule has 0 radical (unpaired) electrons. The van der Waals surface area contributed by atoms with Crippen LogP contribution in [0.15, 0.2) is 53.4 Å². The lowest BCUT2D eigenvalue weighted by Gasteiger charge is -2.15. The Hall–Kier alpha value is -2.71. The number of carbonyl (C=O) groups is 1. The van der Waals surface area contributed by atoms with E-state index in [1.807, 2.05) is 24.3 Å². The summed E-state index contributed by atoms with van der Waals surface area (Å²) in [6.07, 6.45) is 1.76. The predicted molar refractivity (Wildman–Crippen MR) is 99.6 cm³/mol. The fourth-order valence-corrected chi connectivity index (χ4v) is 4.65. The van der Waals surface area contributed by atoms with E-state index in [0.29, 0.717) is 24.5 Å². The maximum atomic E-state index is 12.5. The van der Waals surface area contributed by atoms with Gasteiger partial charge in [0.2, 0.25) is 10.0 Å². The number of imidazole rings is 1. The molecule has 1 N–H and O–H groups in total. The van der Waals surface area contributed by atoms with Gasteiger partial charge in [-0.25, -0.2) is 18.2 Å². The summed E-state index contributed by atoms with van der Waals surface area (Å²) in [7, 11) is -3.49. The van der Waals surface area contributed by atoms with Gasteiger partial charge in [0.1, 0.15) is 12.4 Å². The minimum Gasteiger partial charge on any atom is -0.454 e. The molecule has 8 heteroatoms.